The molecule has 0 atom stereocenters. The van der Waals surface area contributed by atoms with Gasteiger partial charge in [0.2, 0.25) is 10.0 Å². The molecule has 7 nitrogen and oxygen atoms in total. The number of carbonyl (C=O) groups excluding carboxylic acids is 1. The summed E-state index contributed by atoms with van der Waals surface area (Å²) in [5.74, 6) is -0.285. The van der Waals surface area contributed by atoms with E-state index in [1.54, 1.807) is 41.0 Å². The number of carbonyl (C=O) groups is 1. The lowest BCUT2D eigenvalue weighted by Gasteiger charge is -2.25. The van der Waals surface area contributed by atoms with Gasteiger partial charge in [0, 0.05) is 17.8 Å². The topological polar surface area (TPSA) is 88.5 Å². The molecule has 0 unspecified atom stereocenters. The van der Waals surface area contributed by atoms with Gasteiger partial charge in [-0.05, 0) is 73.9 Å². The number of rotatable bonds is 7. The van der Waals surface area contributed by atoms with Gasteiger partial charge >= 0.3 is 4.87 Å². The first-order valence-corrected chi connectivity index (χ1v) is 13.8. The molecular formula is C26H27N3O4S2. The van der Waals surface area contributed by atoms with Crippen LogP contribution in [-0.4, -0.2) is 25.1 Å². The molecule has 0 spiro atoms. The number of hydrogen-bond acceptors (Lipinski definition) is 5. The Bertz CT molecular complexity index is 1570. The second-order valence-electron chi connectivity index (χ2n) is 8.51. The summed E-state index contributed by atoms with van der Waals surface area (Å²) < 4.78 is 29.0. The number of sulfonamides is 1. The van der Waals surface area contributed by atoms with Crippen molar-refractivity contribution >= 4 is 48.9 Å². The van der Waals surface area contributed by atoms with Gasteiger partial charge in [0.25, 0.3) is 5.91 Å². The Balaban J connectivity index is 1.53. The van der Waals surface area contributed by atoms with Crippen LogP contribution in [0.5, 0.6) is 0 Å². The average Bonchev–Trinajstić information content (AvgIpc) is 3.12. The van der Waals surface area contributed by atoms with Gasteiger partial charge in [0.15, 0.2) is 0 Å². The summed E-state index contributed by atoms with van der Waals surface area (Å²) in [6.07, 6.45) is 1.19. The summed E-state index contributed by atoms with van der Waals surface area (Å²) in [5.41, 5.74) is 5.16. The van der Waals surface area contributed by atoms with Crippen molar-refractivity contribution in [2.45, 2.75) is 33.9 Å². The van der Waals surface area contributed by atoms with Gasteiger partial charge < -0.3 is 5.32 Å². The van der Waals surface area contributed by atoms with Crippen molar-refractivity contribution < 1.29 is 13.2 Å². The van der Waals surface area contributed by atoms with Gasteiger partial charge in [0.1, 0.15) is 0 Å². The molecule has 0 bridgehead atoms. The first-order chi connectivity index (χ1) is 16.6. The number of amides is 1. The largest absolute Gasteiger partial charge is 0.322 e. The van der Waals surface area contributed by atoms with E-state index in [4.69, 9.17) is 0 Å². The Morgan fingerprint density at radius 3 is 2.40 bits per heavy atom. The molecule has 0 saturated heterocycles. The number of nitrogens with zero attached hydrogens (tertiary/aromatic N) is 2. The number of thiazole rings is 1. The van der Waals surface area contributed by atoms with Gasteiger partial charge in [-0.15, -0.1) is 0 Å². The van der Waals surface area contributed by atoms with Gasteiger partial charge in [-0.2, -0.15) is 0 Å². The second kappa shape index (κ2) is 9.67. The average molecular weight is 510 g/mol. The number of benzene rings is 3. The van der Waals surface area contributed by atoms with Crippen LogP contribution in [0.4, 0.5) is 11.4 Å². The smallest absolute Gasteiger partial charge is 0.308 e. The Morgan fingerprint density at radius 1 is 1.03 bits per heavy atom. The van der Waals surface area contributed by atoms with Crippen LogP contribution in [0.25, 0.3) is 10.2 Å². The molecule has 1 amide bonds. The van der Waals surface area contributed by atoms with Crippen molar-refractivity contribution in [3.8, 4) is 0 Å². The van der Waals surface area contributed by atoms with Crippen LogP contribution in [-0.2, 0) is 23.1 Å². The fourth-order valence-electron chi connectivity index (χ4n) is 3.94. The minimum atomic E-state index is -3.51. The maximum Gasteiger partial charge on any atom is 0.308 e. The summed E-state index contributed by atoms with van der Waals surface area (Å²) in [7, 11) is -3.51. The first-order valence-electron chi connectivity index (χ1n) is 11.2. The summed E-state index contributed by atoms with van der Waals surface area (Å²) in [6.45, 7) is 6.48. The van der Waals surface area contributed by atoms with Crippen LogP contribution in [0.15, 0.2) is 65.5 Å². The molecule has 9 heteroatoms. The van der Waals surface area contributed by atoms with E-state index in [0.29, 0.717) is 23.5 Å². The highest BCUT2D eigenvalue weighted by molar-refractivity contribution is 7.92. The highest BCUT2D eigenvalue weighted by Gasteiger charge is 2.20. The third kappa shape index (κ3) is 5.31. The van der Waals surface area contributed by atoms with Crippen molar-refractivity contribution in [3.05, 3.63) is 92.6 Å². The fraction of sp³-hybridized carbons (Fsp3) is 0.231. The minimum absolute atomic E-state index is 0.0226. The van der Waals surface area contributed by atoms with E-state index in [1.807, 2.05) is 45.0 Å². The number of fused-ring (bicyclic) bond motifs is 1. The Kier molecular flexibility index (Phi) is 6.82. The fourth-order valence-corrected chi connectivity index (χ4v) is 5.88. The molecule has 0 aliphatic carbocycles. The normalized spacial score (nSPS) is 11.5. The third-order valence-electron chi connectivity index (χ3n) is 5.82. The molecule has 4 aromatic rings. The zero-order valence-electron chi connectivity index (χ0n) is 20.0. The SMILES string of the molecule is CCn1c(=O)sc2cc(NC(=O)c3ccc(CN(c4cc(C)ccc4C)S(C)(=O)=O)cc3)ccc21. The molecule has 0 fully saturated rings. The van der Waals surface area contributed by atoms with Crippen LogP contribution < -0.4 is 14.5 Å². The molecule has 4 rings (SSSR count). The minimum Gasteiger partial charge on any atom is -0.322 e. The molecule has 1 aromatic heterocycles. The van der Waals surface area contributed by atoms with Crippen LogP contribution in [0.2, 0.25) is 0 Å². The van der Waals surface area contributed by atoms with Gasteiger partial charge in [-0.3, -0.25) is 18.5 Å². The van der Waals surface area contributed by atoms with Crippen LogP contribution >= 0.6 is 11.3 Å². The lowest BCUT2D eigenvalue weighted by molar-refractivity contribution is 0.102. The van der Waals surface area contributed by atoms with E-state index < -0.39 is 10.0 Å². The Labute approximate surface area is 208 Å². The van der Waals surface area contributed by atoms with E-state index in [-0.39, 0.29) is 17.3 Å². The summed E-state index contributed by atoms with van der Waals surface area (Å²) in [5, 5.41) is 2.87. The number of aryl methyl sites for hydroxylation is 3. The summed E-state index contributed by atoms with van der Waals surface area (Å²) in [4.78, 5) is 24.8. The van der Waals surface area contributed by atoms with Crippen LogP contribution in [0, 0.1) is 13.8 Å². The van der Waals surface area contributed by atoms with Gasteiger partial charge in [0.05, 0.1) is 28.7 Å². The van der Waals surface area contributed by atoms with E-state index in [9.17, 15) is 18.0 Å². The zero-order chi connectivity index (χ0) is 25.3. The predicted molar refractivity (Wildman–Crippen MR) is 143 cm³/mol. The molecule has 0 aliphatic rings. The highest BCUT2D eigenvalue weighted by atomic mass is 32.2. The second-order valence-corrected chi connectivity index (χ2v) is 11.4. The lowest BCUT2D eigenvalue weighted by atomic mass is 10.1. The van der Waals surface area contributed by atoms with E-state index in [2.05, 4.69) is 5.32 Å². The molecule has 0 saturated carbocycles. The zero-order valence-corrected chi connectivity index (χ0v) is 21.7. The Hall–Kier alpha value is -3.43. The van der Waals surface area contributed by atoms with Gasteiger partial charge in [-0.25, -0.2) is 8.42 Å². The van der Waals surface area contributed by atoms with Gasteiger partial charge in [-0.1, -0.05) is 35.6 Å². The first kappa shape index (κ1) is 24.7. The molecule has 0 radical (unpaired) electrons. The number of aromatic nitrogens is 1. The number of anilines is 2. The molecule has 1 heterocycles. The Morgan fingerprint density at radius 2 is 1.74 bits per heavy atom. The monoisotopic (exact) mass is 509 g/mol. The number of nitrogens with one attached hydrogen (secondary N) is 1. The van der Waals surface area contributed by atoms with E-state index in [0.717, 1.165) is 38.2 Å². The van der Waals surface area contributed by atoms with Crippen molar-refractivity contribution in [2.24, 2.45) is 0 Å². The van der Waals surface area contributed by atoms with Crippen molar-refractivity contribution in [1.29, 1.82) is 0 Å². The van der Waals surface area contributed by atoms with Crippen molar-refractivity contribution in [2.75, 3.05) is 15.9 Å². The molecule has 3 aromatic carbocycles. The molecular weight excluding hydrogens is 482 g/mol. The van der Waals surface area contributed by atoms with Crippen molar-refractivity contribution in [1.82, 2.24) is 4.57 Å². The molecule has 182 valence electrons. The standard InChI is InChI=1S/C26H27N3O4S2/c1-5-28-22-13-12-21(15-24(22)34-26(28)31)27-25(30)20-10-8-19(9-11-20)16-29(35(4,32)33)23-14-17(2)6-7-18(23)3/h6-15H,5,16H2,1-4H3,(H,27,30). The lowest BCUT2D eigenvalue weighted by Crippen LogP contribution is -2.30. The quantitative estimate of drug-likeness (QED) is 0.383. The van der Waals surface area contributed by atoms with Crippen LogP contribution in [0.3, 0.4) is 0 Å². The maximum atomic E-state index is 12.8. The van der Waals surface area contributed by atoms with E-state index >= 15 is 0 Å². The summed E-state index contributed by atoms with van der Waals surface area (Å²) >= 11 is 1.15. The maximum absolute atomic E-state index is 12.8. The predicted octanol–water partition coefficient (Wildman–Crippen LogP) is 4.92. The third-order valence-corrected chi connectivity index (χ3v) is 7.89. The van der Waals surface area contributed by atoms with E-state index in [1.165, 1.54) is 10.6 Å². The van der Waals surface area contributed by atoms with Crippen LogP contribution in [0.1, 0.15) is 34.0 Å². The van der Waals surface area contributed by atoms with Crippen molar-refractivity contribution in [3.63, 3.8) is 0 Å². The summed E-state index contributed by atoms with van der Waals surface area (Å²) in [6, 6.07) is 18.0. The molecule has 0 aliphatic heterocycles. The molecule has 1 N–H and O–H groups in total. The molecule has 35 heavy (non-hydrogen) atoms. The highest BCUT2D eigenvalue weighted by Crippen LogP contribution is 2.26. The number of hydrogen-bond donors (Lipinski definition) is 1.